The SMILES string of the molecule is Nc1cc(Cl)ccc1N1C(=O)CCCC1=O. The highest BCUT2D eigenvalue weighted by Crippen LogP contribution is 2.29. The van der Waals surface area contributed by atoms with Gasteiger partial charge in [-0.2, -0.15) is 0 Å². The van der Waals surface area contributed by atoms with E-state index in [9.17, 15) is 9.59 Å². The molecule has 1 heterocycles. The predicted octanol–water partition coefficient (Wildman–Crippen LogP) is 1.97. The first-order valence-electron chi connectivity index (χ1n) is 5.00. The van der Waals surface area contributed by atoms with E-state index in [-0.39, 0.29) is 11.8 Å². The number of rotatable bonds is 1. The van der Waals surface area contributed by atoms with E-state index in [2.05, 4.69) is 0 Å². The minimum Gasteiger partial charge on any atom is -0.397 e. The summed E-state index contributed by atoms with van der Waals surface area (Å²) in [6.07, 6.45) is 1.38. The van der Waals surface area contributed by atoms with Crippen LogP contribution in [0.1, 0.15) is 19.3 Å². The zero-order chi connectivity index (χ0) is 11.7. The molecule has 4 nitrogen and oxygen atoms in total. The molecule has 1 fully saturated rings. The highest BCUT2D eigenvalue weighted by atomic mass is 35.5. The van der Waals surface area contributed by atoms with E-state index >= 15 is 0 Å². The van der Waals surface area contributed by atoms with Crippen LogP contribution in [-0.4, -0.2) is 11.8 Å². The lowest BCUT2D eigenvalue weighted by Gasteiger charge is -2.25. The number of amides is 2. The summed E-state index contributed by atoms with van der Waals surface area (Å²) in [5.74, 6) is -0.407. The molecule has 84 valence electrons. The van der Waals surface area contributed by atoms with Crippen molar-refractivity contribution in [3.8, 4) is 0 Å². The number of imide groups is 1. The van der Waals surface area contributed by atoms with E-state index in [1.165, 1.54) is 6.07 Å². The van der Waals surface area contributed by atoms with E-state index in [1.54, 1.807) is 12.1 Å². The number of nitrogen functional groups attached to an aromatic ring is 1. The summed E-state index contributed by atoms with van der Waals surface area (Å²) < 4.78 is 0. The van der Waals surface area contributed by atoms with Gasteiger partial charge < -0.3 is 5.73 Å². The molecule has 1 aromatic carbocycles. The molecule has 1 aromatic rings. The molecule has 0 bridgehead atoms. The first-order valence-corrected chi connectivity index (χ1v) is 5.38. The second-order valence-corrected chi connectivity index (χ2v) is 4.12. The minimum atomic E-state index is -0.203. The zero-order valence-corrected chi connectivity index (χ0v) is 9.33. The fourth-order valence-corrected chi connectivity index (χ4v) is 1.93. The van der Waals surface area contributed by atoms with Crippen molar-refractivity contribution in [1.82, 2.24) is 0 Å². The lowest BCUT2D eigenvalue weighted by Crippen LogP contribution is -2.40. The van der Waals surface area contributed by atoms with Crippen LogP contribution in [-0.2, 0) is 9.59 Å². The number of nitrogens with two attached hydrogens (primary N) is 1. The lowest BCUT2D eigenvalue weighted by atomic mass is 10.1. The van der Waals surface area contributed by atoms with Gasteiger partial charge in [0.1, 0.15) is 0 Å². The Morgan fingerprint density at radius 1 is 1.19 bits per heavy atom. The summed E-state index contributed by atoms with van der Waals surface area (Å²) in [5.41, 5.74) is 6.52. The van der Waals surface area contributed by atoms with E-state index in [0.29, 0.717) is 35.7 Å². The van der Waals surface area contributed by atoms with Gasteiger partial charge in [-0.3, -0.25) is 9.59 Å². The van der Waals surface area contributed by atoms with Gasteiger partial charge in [-0.05, 0) is 24.6 Å². The Hall–Kier alpha value is -1.55. The maximum Gasteiger partial charge on any atom is 0.233 e. The lowest BCUT2D eigenvalue weighted by molar-refractivity contribution is -0.129. The molecule has 0 unspecified atom stereocenters. The third-order valence-electron chi connectivity index (χ3n) is 2.51. The first-order chi connectivity index (χ1) is 7.59. The number of hydrogen-bond donors (Lipinski definition) is 1. The second kappa shape index (κ2) is 4.14. The number of hydrogen-bond acceptors (Lipinski definition) is 3. The molecule has 0 saturated carbocycles. The standard InChI is InChI=1S/C11H11ClN2O2/c12-7-4-5-9(8(13)6-7)14-10(15)2-1-3-11(14)16/h4-6H,1-3,13H2. The van der Waals surface area contributed by atoms with Crippen LogP contribution in [0.2, 0.25) is 5.02 Å². The van der Waals surface area contributed by atoms with Crippen molar-refractivity contribution in [3.63, 3.8) is 0 Å². The van der Waals surface area contributed by atoms with Gasteiger partial charge in [-0.15, -0.1) is 0 Å². The van der Waals surface area contributed by atoms with E-state index in [0.717, 1.165) is 4.90 Å². The van der Waals surface area contributed by atoms with Crippen molar-refractivity contribution in [2.24, 2.45) is 0 Å². The molecule has 1 saturated heterocycles. The van der Waals surface area contributed by atoms with E-state index in [4.69, 9.17) is 17.3 Å². The molecule has 0 atom stereocenters. The molecule has 2 N–H and O–H groups in total. The number of benzene rings is 1. The highest BCUT2D eigenvalue weighted by Gasteiger charge is 2.28. The first kappa shape index (κ1) is 11.0. The van der Waals surface area contributed by atoms with Crippen molar-refractivity contribution >= 4 is 34.8 Å². The summed E-state index contributed by atoms with van der Waals surface area (Å²) in [4.78, 5) is 24.5. The van der Waals surface area contributed by atoms with Crippen molar-refractivity contribution in [1.29, 1.82) is 0 Å². The molecular formula is C11H11ClN2O2. The Morgan fingerprint density at radius 2 is 1.81 bits per heavy atom. The Kier molecular flexibility index (Phi) is 2.83. The van der Waals surface area contributed by atoms with Gasteiger partial charge in [0.05, 0.1) is 11.4 Å². The van der Waals surface area contributed by atoms with Crippen molar-refractivity contribution in [2.45, 2.75) is 19.3 Å². The van der Waals surface area contributed by atoms with Gasteiger partial charge in [0.2, 0.25) is 11.8 Å². The number of carbonyl (C=O) groups is 2. The summed E-state index contributed by atoms with van der Waals surface area (Å²) in [6, 6.07) is 4.74. The predicted molar refractivity (Wildman–Crippen MR) is 62.2 cm³/mol. The van der Waals surface area contributed by atoms with Crippen LogP contribution in [0, 0.1) is 0 Å². The number of halogens is 1. The molecule has 0 aliphatic carbocycles. The van der Waals surface area contributed by atoms with Crippen LogP contribution in [0.25, 0.3) is 0 Å². The van der Waals surface area contributed by atoms with Crippen molar-refractivity contribution < 1.29 is 9.59 Å². The molecule has 2 amide bonds. The number of anilines is 2. The maximum atomic E-state index is 11.7. The van der Waals surface area contributed by atoms with Gasteiger partial charge in [-0.25, -0.2) is 4.90 Å². The molecule has 1 aliphatic heterocycles. The Balaban J connectivity index is 2.42. The second-order valence-electron chi connectivity index (χ2n) is 3.68. The minimum absolute atomic E-state index is 0.203. The maximum absolute atomic E-state index is 11.7. The summed E-state index contributed by atoms with van der Waals surface area (Å²) >= 11 is 5.76. The van der Waals surface area contributed by atoms with Crippen molar-refractivity contribution in [2.75, 3.05) is 10.6 Å². The smallest absolute Gasteiger partial charge is 0.233 e. The third-order valence-corrected chi connectivity index (χ3v) is 2.75. The highest BCUT2D eigenvalue weighted by molar-refractivity contribution is 6.31. The van der Waals surface area contributed by atoms with Gasteiger partial charge >= 0.3 is 0 Å². The summed E-state index contributed by atoms with van der Waals surface area (Å²) in [6.45, 7) is 0. The number of nitrogens with zero attached hydrogens (tertiary/aromatic N) is 1. The largest absolute Gasteiger partial charge is 0.397 e. The van der Waals surface area contributed by atoms with Crippen LogP contribution < -0.4 is 10.6 Å². The monoisotopic (exact) mass is 238 g/mol. The van der Waals surface area contributed by atoms with Gasteiger partial charge in [0.15, 0.2) is 0 Å². The average molecular weight is 239 g/mol. The molecule has 0 aromatic heterocycles. The fraction of sp³-hybridized carbons (Fsp3) is 0.273. The number of carbonyl (C=O) groups excluding carboxylic acids is 2. The van der Waals surface area contributed by atoms with Crippen LogP contribution in [0.15, 0.2) is 18.2 Å². The molecule has 5 heteroatoms. The molecule has 0 spiro atoms. The normalized spacial score (nSPS) is 16.7. The molecular weight excluding hydrogens is 228 g/mol. The van der Waals surface area contributed by atoms with Crippen LogP contribution >= 0.6 is 11.6 Å². The van der Waals surface area contributed by atoms with E-state index in [1.807, 2.05) is 0 Å². The quantitative estimate of drug-likeness (QED) is 0.601. The molecule has 0 radical (unpaired) electrons. The zero-order valence-electron chi connectivity index (χ0n) is 8.57. The summed E-state index contributed by atoms with van der Waals surface area (Å²) in [7, 11) is 0. The molecule has 2 rings (SSSR count). The molecule has 1 aliphatic rings. The summed E-state index contributed by atoms with van der Waals surface area (Å²) in [5, 5.41) is 0.484. The van der Waals surface area contributed by atoms with Crippen molar-refractivity contribution in [3.05, 3.63) is 23.2 Å². The Bertz CT molecular complexity index is 443. The van der Waals surface area contributed by atoms with Crippen LogP contribution in [0.3, 0.4) is 0 Å². The van der Waals surface area contributed by atoms with E-state index < -0.39 is 0 Å². The van der Waals surface area contributed by atoms with Gasteiger partial charge in [-0.1, -0.05) is 11.6 Å². The fourth-order valence-electron chi connectivity index (χ4n) is 1.75. The average Bonchev–Trinajstić information content (AvgIpc) is 2.20. The Labute approximate surface area is 98.0 Å². The third kappa shape index (κ3) is 1.88. The Morgan fingerprint density at radius 3 is 2.38 bits per heavy atom. The van der Waals surface area contributed by atoms with Gasteiger partial charge in [0, 0.05) is 17.9 Å². The van der Waals surface area contributed by atoms with Gasteiger partial charge in [0.25, 0.3) is 0 Å². The molecule has 16 heavy (non-hydrogen) atoms. The van der Waals surface area contributed by atoms with Crippen LogP contribution in [0.5, 0.6) is 0 Å². The van der Waals surface area contributed by atoms with Crippen LogP contribution in [0.4, 0.5) is 11.4 Å². The number of piperidine rings is 1. The topological polar surface area (TPSA) is 63.4 Å².